The van der Waals surface area contributed by atoms with Gasteiger partial charge in [-0.05, 0) is 93.0 Å². The summed E-state index contributed by atoms with van der Waals surface area (Å²) in [5.41, 5.74) is 16.8. The lowest BCUT2D eigenvalue weighted by Crippen LogP contribution is -1.94. The summed E-state index contributed by atoms with van der Waals surface area (Å²) in [6.07, 6.45) is 0. The van der Waals surface area contributed by atoms with Gasteiger partial charge in [0.2, 0.25) is 0 Å². The molecule has 9 aromatic carbocycles. The fourth-order valence-electron chi connectivity index (χ4n) is 8.79. The van der Waals surface area contributed by atoms with Crippen molar-refractivity contribution in [1.82, 2.24) is 9.13 Å². The van der Waals surface area contributed by atoms with Crippen LogP contribution in [0.1, 0.15) is 0 Å². The van der Waals surface area contributed by atoms with Gasteiger partial charge >= 0.3 is 0 Å². The van der Waals surface area contributed by atoms with Crippen molar-refractivity contribution in [3.05, 3.63) is 218 Å². The van der Waals surface area contributed by atoms with Gasteiger partial charge in [-0.25, -0.2) is 0 Å². The van der Waals surface area contributed by atoms with Crippen molar-refractivity contribution in [1.29, 1.82) is 0 Å². The monoisotopic (exact) mass is 712 g/mol. The Morgan fingerprint density at radius 3 is 1.14 bits per heavy atom. The van der Waals surface area contributed by atoms with Gasteiger partial charge in [0, 0.05) is 32.9 Å². The smallest absolute Gasteiger partial charge is 0.0547 e. The first-order chi connectivity index (χ1) is 27.8. The van der Waals surface area contributed by atoms with Crippen molar-refractivity contribution in [3.63, 3.8) is 0 Å². The Labute approximate surface area is 325 Å². The van der Waals surface area contributed by atoms with Gasteiger partial charge in [-0.2, -0.15) is 0 Å². The lowest BCUT2D eigenvalue weighted by molar-refractivity contribution is 1.18. The van der Waals surface area contributed by atoms with Gasteiger partial charge in [0.1, 0.15) is 0 Å². The zero-order chi connectivity index (χ0) is 37.0. The summed E-state index contributed by atoms with van der Waals surface area (Å²) in [6.45, 7) is 0. The van der Waals surface area contributed by atoms with E-state index in [1.54, 1.807) is 0 Å². The topological polar surface area (TPSA) is 9.86 Å². The second-order valence-corrected chi connectivity index (χ2v) is 14.5. The minimum atomic E-state index is 1.15. The van der Waals surface area contributed by atoms with E-state index < -0.39 is 0 Å². The number of hydrogen-bond acceptors (Lipinski definition) is 0. The second-order valence-electron chi connectivity index (χ2n) is 14.5. The molecule has 56 heavy (non-hydrogen) atoms. The van der Waals surface area contributed by atoms with E-state index in [9.17, 15) is 0 Å². The first kappa shape index (κ1) is 32.0. The summed E-state index contributed by atoms with van der Waals surface area (Å²) < 4.78 is 4.86. The lowest BCUT2D eigenvalue weighted by Gasteiger charge is -2.12. The molecule has 0 bridgehead atoms. The summed E-state index contributed by atoms with van der Waals surface area (Å²) in [6, 6.07) is 79.3. The predicted octanol–water partition coefficient (Wildman–Crippen LogP) is 14.5. The van der Waals surface area contributed by atoms with Crippen molar-refractivity contribution in [2.75, 3.05) is 0 Å². The molecule has 0 unspecified atom stereocenters. The third-order valence-electron chi connectivity index (χ3n) is 11.3. The SMILES string of the molecule is c1ccc(-c2ccc(-c3cccc(-n4c5ccccc5c5c(-c6cccc7c6c6ccccc6n7-c6ccc(-c7ccccc7)cc6)cccc54)c3)cc2)cc1. The molecule has 0 spiro atoms. The number of nitrogens with zero attached hydrogens (tertiary/aromatic N) is 2. The molecule has 262 valence electrons. The minimum Gasteiger partial charge on any atom is -0.309 e. The fourth-order valence-corrected chi connectivity index (χ4v) is 8.79. The summed E-state index contributed by atoms with van der Waals surface area (Å²) >= 11 is 0. The van der Waals surface area contributed by atoms with Crippen LogP contribution < -0.4 is 0 Å². The summed E-state index contributed by atoms with van der Waals surface area (Å²) in [7, 11) is 0. The maximum atomic E-state index is 2.44. The average molecular weight is 713 g/mol. The predicted molar refractivity (Wildman–Crippen MR) is 237 cm³/mol. The summed E-state index contributed by atoms with van der Waals surface area (Å²) in [5, 5.41) is 5.02. The molecule has 11 rings (SSSR count). The number of para-hydroxylation sites is 2. The van der Waals surface area contributed by atoms with Crippen LogP contribution >= 0.6 is 0 Å². The van der Waals surface area contributed by atoms with Crippen molar-refractivity contribution in [2.24, 2.45) is 0 Å². The second kappa shape index (κ2) is 13.2. The van der Waals surface area contributed by atoms with Gasteiger partial charge in [0.15, 0.2) is 0 Å². The number of fused-ring (bicyclic) bond motifs is 6. The van der Waals surface area contributed by atoms with Gasteiger partial charge in [-0.15, -0.1) is 0 Å². The van der Waals surface area contributed by atoms with Crippen LogP contribution in [0.5, 0.6) is 0 Å². The van der Waals surface area contributed by atoms with Crippen LogP contribution in [0.4, 0.5) is 0 Å². The Bertz CT molecular complexity index is 3200. The molecule has 0 radical (unpaired) electrons. The quantitative estimate of drug-likeness (QED) is 0.162. The summed E-state index contributed by atoms with van der Waals surface area (Å²) in [5.74, 6) is 0. The largest absolute Gasteiger partial charge is 0.309 e. The maximum absolute atomic E-state index is 2.44. The molecule has 0 amide bonds. The van der Waals surface area contributed by atoms with E-state index in [0.29, 0.717) is 0 Å². The molecule has 0 aliphatic rings. The fraction of sp³-hybridized carbons (Fsp3) is 0. The van der Waals surface area contributed by atoms with E-state index in [1.807, 2.05) is 0 Å². The van der Waals surface area contributed by atoms with Crippen LogP contribution in [0.2, 0.25) is 0 Å². The Morgan fingerprint density at radius 2 is 0.607 bits per heavy atom. The van der Waals surface area contributed by atoms with E-state index >= 15 is 0 Å². The minimum absolute atomic E-state index is 1.15. The van der Waals surface area contributed by atoms with Gasteiger partial charge in [0.05, 0.1) is 22.1 Å². The molecular formula is C54H36N2. The van der Waals surface area contributed by atoms with Crippen molar-refractivity contribution in [3.8, 4) is 55.9 Å². The molecule has 2 aromatic heterocycles. The Balaban J connectivity index is 1.08. The lowest BCUT2D eigenvalue weighted by atomic mass is 9.95. The molecule has 0 aliphatic heterocycles. The number of benzene rings is 9. The molecule has 11 aromatic rings. The van der Waals surface area contributed by atoms with E-state index in [-0.39, 0.29) is 0 Å². The van der Waals surface area contributed by atoms with Crippen LogP contribution in [-0.4, -0.2) is 9.13 Å². The normalized spacial score (nSPS) is 11.6. The Morgan fingerprint density at radius 1 is 0.232 bits per heavy atom. The van der Waals surface area contributed by atoms with E-state index in [1.165, 1.54) is 88.1 Å². The third-order valence-corrected chi connectivity index (χ3v) is 11.3. The molecule has 0 N–H and O–H groups in total. The van der Waals surface area contributed by atoms with Crippen molar-refractivity contribution >= 4 is 43.6 Å². The molecule has 0 aliphatic carbocycles. The highest BCUT2D eigenvalue weighted by Crippen LogP contribution is 2.44. The van der Waals surface area contributed by atoms with E-state index in [2.05, 4.69) is 228 Å². The van der Waals surface area contributed by atoms with E-state index in [0.717, 1.165) is 11.4 Å². The standard InChI is InChI=1S/C54H36N2/c1-3-14-37(15-4-1)39-28-30-41(31-29-39)42-18-11-19-44(36-42)56-50-25-10-8-21-48(50)54-46(23-13-27-52(54)56)45-22-12-26-51-53(45)47-20-7-9-24-49(47)55(51)43-34-32-40(33-35-43)38-16-5-2-6-17-38/h1-36H. The van der Waals surface area contributed by atoms with Crippen LogP contribution in [0.3, 0.4) is 0 Å². The van der Waals surface area contributed by atoms with Gasteiger partial charge in [-0.3, -0.25) is 0 Å². The van der Waals surface area contributed by atoms with Crippen LogP contribution in [-0.2, 0) is 0 Å². The van der Waals surface area contributed by atoms with Gasteiger partial charge in [-0.1, -0.05) is 170 Å². The first-order valence-corrected chi connectivity index (χ1v) is 19.3. The highest BCUT2D eigenvalue weighted by molar-refractivity contribution is 6.22. The molecule has 0 atom stereocenters. The third kappa shape index (κ3) is 5.19. The Kier molecular flexibility index (Phi) is 7.53. The van der Waals surface area contributed by atoms with Crippen LogP contribution in [0, 0.1) is 0 Å². The summed E-state index contributed by atoms with van der Waals surface area (Å²) in [4.78, 5) is 0. The Hall–Kier alpha value is -7.42. The van der Waals surface area contributed by atoms with Crippen molar-refractivity contribution in [2.45, 2.75) is 0 Å². The molecule has 0 saturated heterocycles. The first-order valence-electron chi connectivity index (χ1n) is 19.3. The van der Waals surface area contributed by atoms with Gasteiger partial charge in [0.25, 0.3) is 0 Å². The zero-order valence-corrected chi connectivity index (χ0v) is 30.7. The number of rotatable bonds is 6. The molecular weight excluding hydrogens is 677 g/mol. The molecule has 0 saturated carbocycles. The van der Waals surface area contributed by atoms with Crippen molar-refractivity contribution < 1.29 is 0 Å². The highest BCUT2D eigenvalue weighted by atomic mass is 15.0. The molecule has 2 nitrogen and oxygen atoms in total. The van der Waals surface area contributed by atoms with E-state index in [4.69, 9.17) is 0 Å². The van der Waals surface area contributed by atoms with Crippen LogP contribution in [0.25, 0.3) is 99.5 Å². The zero-order valence-electron chi connectivity index (χ0n) is 30.7. The maximum Gasteiger partial charge on any atom is 0.0547 e. The number of aromatic nitrogens is 2. The molecule has 2 heteroatoms. The van der Waals surface area contributed by atoms with Crippen LogP contribution in [0.15, 0.2) is 218 Å². The highest BCUT2D eigenvalue weighted by Gasteiger charge is 2.21. The molecule has 0 fully saturated rings. The average Bonchev–Trinajstić information content (AvgIpc) is 3.81. The number of hydrogen-bond donors (Lipinski definition) is 0. The molecule has 2 heterocycles. The van der Waals surface area contributed by atoms with Gasteiger partial charge < -0.3 is 9.13 Å².